The first-order chi connectivity index (χ1) is 17.8. The summed E-state index contributed by atoms with van der Waals surface area (Å²) in [4.78, 5) is 18.8. The number of pyridine rings is 1. The molecule has 0 saturated heterocycles. The molecule has 1 aliphatic rings. The molecule has 1 atom stereocenters. The Labute approximate surface area is 218 Å². The van der Waals surface area contributed by atoms with Crippen LogP contribution in [0.5, 0.6) is 0 Å². The lowest BCUT2D eigenvalue weighted by Crippen LogP contribution is -2.35. The molecule has 1 saturated carbocycles. The number of hydrogen-bond acceptors (Lipinski definition) is 5. The highest BCUT2D eigenvalue weighted by Crippen LogP contribution is 2.35. The van der Waals surface area contributed by atoms with E-state index in [1.807, 2.05) is 0 Å². The minimum Gasteiger partial charge on any atom is -0.322 e. The predicted octanol–water partition coefficient (Wildman–Crippen LogP) is 5.95. The van der Waals surface area contributed by atoms with E-state index in [4.69, 9.17) is 0 Å². The van der Waals surface area contributed by atoms with Gasteiger partial charge in [-0.15, -0.1) is 5.10 Å². The van der Waals surface area contributed by atoms with Gasteiger partial charge in [0.15, 0.2) is 5.82 Å². The first-order valence-electron chi connectivity index (χ1n) is 13.5. The fourth-order valence-corrected chi connectivity index (χ4v) is 5.73. The highest BCUT2D eigenvalue weighted by molar-refractivity contribution is 5.80. The lowest BCUT2D eigenvalue weighted by Gasteiger charge is -2.34. The molecule has 0 spiro atoms. The van der Waals surface area contributed by atoms with Crippen LogP contribution in [0.3, 0.4) is 0 Å². The van der Waals surface area contributed by atoms with Gasteiger partial charge in [-0.25, -0.2) is 4.68 Å². The standard InChI is InChI=1S/C30H38N6O/c1-19(2)28(29-32-33-34-36(29)26-8-6-7-9-26)35(17-23-12-10-20(3)11-13-23)18-25-16-24-14-21(4)22(5)15-27(24)31-30(25)37/h10-16,19,26,28H,6-9,17-18H2,1-5H3,(H,31,37). The second-order valence-electron chi connectivity index (χ2n) is 11.1. The van der Waals surface area contributed by atoms with Crippen molar-refractivity contribution in [1.29, 1.82) is 0 Å². The molecule has 5 rings (SSSR count). The Morgan fingerprint density at radius 3 is 2.41 bits per heavy atom. The number of fused-ring (bicyclic) bond motifs is 1. The number of benzene rings is 2. The molecule has 37 heavy (non-hydrogen) atoms. The van der Waals surface area contributed by atoms with Crippen LogP contribution in [0.1, 0.15) is 85.3 Å². The quantitative estimate of drug-likeness (QED) is 0.324. The van der Waals surface area contributed by atoms with Crippen LogP contribution in [0.2, 0.25) is 0 Å². The van der Waals surface area contributed by atoms with Crippen molar-refractivity contribution in [1.82, 2.24) is 30.1 Å². The van der Waals surface area contributed by atoms with E-state index in [1.165, 1.54) is 35.1 Å². The molecule has 1 aliphatic carbocycles. The van der Waals surface area contributed by atoms with E-state index in [-0.39, 0.29) is 17.5 Å². The van der Waals surface area contributed by atoms with Gasteiger partial charge in [-0.2, -0.15) is 0 Å². The summed E-state index contributed by atoms with van der Waals surface area (Å²) >= 11 is 0. The van der Waals surface area contributed by atoms with Gasteiger partial charge in [0, 0.05) is 24.2 Å². The van der Waals surface area contributed by atoms with Crippen LogP contribution in [0.25, 0.3) is 10.9 Å². The summed E-state index contributed by atoms with van der Waals surface area (Å²) in [5.41, 5.74) is 6.44. The number of nitrogens with one attached hydrogen (secondary N) is 1. The number of nitrogens with zero attached hydrogens (tertiary/aromatic N) is 5. The van der Waals surface area contributed by atoms with E-state index in [2.05, 4.69) is 107 Å². The average Bonchev–Trinajstić information content (AvgIpc) is 3.54. The third-order valence-electron chi connectivity index (χ3n) is 7.89. The number of aromatic amines is 1. The number of rotatable bonds is 8. The van der Waals surface area contributed by atoms with Gasteiger partial charge in [-0.05, 0) is 90.2 Å². The molecular weight excluding hydrogens is 460 g/mol. The molecule has 0 bridgehead atoms. The van der Waals surface area contributed by atoms with E-state index in [1.54, 1.807) is 0 Å². The number of H-pyrrole nitrogens is 1. The van der Waals surface area contributed by atoms with Crippen molar-refractivity contribution >= 4 is 10.9 Å². The maximum atomic E-state index is 13.3. The Kier molecular flexibility index (Phi) is 7.24. The molecule has 0 radical (unpaired) electrons. The summed E-state index contributed by atoms with van der Waals surface area (Å²) in [5, 5.41) is 14.2. The molecule has 1 N–H and O–H groups in total. The lowest BCUT2D eigenvalue weighted by molar-refractivity contribution is 0.123. The van der Waals surface area contributed by atoms with Crippen molar-refractivity contribution in [3.63, 3.8) is 0 Å². The summed E-state index contributed by atoms with van der Waals surface area (Å²) in [6, 6.07) is 15.2. The van der Waals surface area contributed by atoms with Gasteiger partial charge in [0.25, 0.3) is 5.56 Å². The molecule has 0 aliphatic heterocycles. The Bertz CT molecular complexity index is 1430. The van der Waals surface area contributed by atoms with Gasteiger partial charge >= 0.3 is 0 Å². The SMILES string of the molecule is Cc1ccc(CN(Cc2cc3cc(C)c(C)cc3[nH]c2=O)C(c2nnnn2C2CCCC2)C(C)C)cc1. The zero-order valence-electron chi connectivity index (χ0n) is 22.7. The summed E-state index contributed by atoms with van der Waals surface area (Å²) < 4.78 is 2.07. The van der Waals surface area contributed by atoms with Crippen molar-refractivity contribution in [2.45, 2.75) is 85.5 Å². The van der Waals surface area contributed by atoms with Crippen molar-refractivity contribution in [2.24, 2.45) is 5.92 Å². The highest BCUT2D eigenvalue weighted by Gasteiger charge is 2.32. The number of tetrazole rings is 1. The Morgan fingerprint density at radius 2 is 1.70 bits per heavy atom. The second kappa shape index (κ2) is 10.6. The van der Waals surface area contributed by atoms with Gasteiger partial charge in [-0.3, -0.25) is 9.69 Å². The van der Waals surface area contributed by atoms with E-state index in [0.717, 1.165) is 35.1 Å². The highest BCUT2D eigenvalue weighted by atomic mass is 16.1. The lowest BCUT2D eigenvalue weighted by atomic mass is 9.98. The van der Waals surface area contributed by atoms with Crippen molar-refractivity contribution in [2.75, 3.05) is 0 Å². The van der Waals surface area contributed by atoms with Crippen LogP contribution >= 0.6 is 0 Å². The van der Waals surface area contributed by atoms with Crippen molar-refractivity contribution < 1.29 is 0 Å². The molecule has 7 heteroatoms. The van der Waals surface area contributed by atoms with Gasteiger partial charge < -0.3 is 4.98 Å². The van der Waals surface area contributed by atoms with Crippen LogP contribution in [0.15, 0.2) is 47.3 Å². The molecule has 4 aromatic rings. The molecule has 194 valence electrons. The average molecular weight is 499 g/mol. The number of aryl methyl sites for hydroxylation is 3. The fourth-order valence-electron chi connectivity index (χ4n) is 5.73. The Morgan fingerprint density at radius 1 is 1.00 bits per heavy atom. The van der Waals surface area contributed by atoms with Crippen LogP contribution in [0, 0.1) is 26.7 Å². The maximum absolute atomic E-state index is 13.3. The molecule has 1 unspecified atom stereocenters. The molecule has 0 amide bonds. The number of hydrogen-bond donors (Lipinski definition) is 1. The number of aromatic nitrogens is 5. The summed E-state index contributed by atoms with van der Waals surface area (Å²) in [7, 11) is 0. The summed E-state index contributed by atoms with van der Waals surface area (Å²) in [6.07, 6.45) is 4.66. The van der Waals surface area contributed by atoms with Crippen molar-refractivity contribution in [3.05, 3.63) is 86.5 Å². The minimum atomic E-state index is -0.0393. The zero-order valence-corrected chi connectivity index (χ0v) is 22.7. The van der Waals surface area contributed by atoms with Gasteiger partial charge in [0.1, 0.15) is 0 Å². The molecule has 2 aromatic carbocycles. The van der Waals surface area contributed by atoms with E-state index >= 15 is 0 Å². The van der Waals surface area contributed by atoms with Gasteiger partial charge in [-0.1, -0.05) is 56.5 Å². The van der Waals surface area contributed by atoms with Crippen LogP contribution < -0.4 is 5.56 Å². The van der Waals surface area contributed by atoms with Crippen LogP contribution in [0.4, 0.5) is 0 Å². The summed E-state index contributed by atoms with van der Waals surface area (Å²) in [6.45, 7) is 11.9. The zero-order chi connectivity index (χ0) is 26.1. The Hall–Kier alpha value is -3.32. The summed E-state index contributed by atoms with van der Waals surface area (Å²) in [5.74, 6) is 1.15. The monoisotopic (exact) mass is 498 g/mol. The smallest absolute Gasteiger partial charge is 0.252 e. The normalized spacial score (nSPS) is 15.3. The maximum Gasteiger partial charge on any atom is 0.252 e. The van der Waals surface area contributed by atoms with E-state index < -0.39 is 0 Å². The van der Waals surface area contributed by atoms with E-state index in [9.17, 15) is 4.79 Å². The largest absolute Gasteiger partial charge is 0.322 e. The second-order valence-corrected chi connectivity index (χ2v) is 11.1. The van der Waals surface area contributed by atoms with Gasteiger partial charge in [0.05, 0.1) is 12.1 Å². The fraction of sp³-hybridized carbons (Fsp3) is 0.467. The minimum absolute atomic E-state index is 0.0354. The van der Waals surface area contributed by atoms with Crippen molar-refractivity contribution in [3.8, 4) is 0 Å². The van der Waals surface area contributed by atoms with Crippen LogP contribution in [-0.2, 0) is 13.1 Å². The van der Waals surface area contributed by atoms with Gasteiger partial charge in [0.2, 0.25) is 0 Å². The molecule has 2 heterocycles. The van der Waals surface area contributed by atoms with Crippen LogP contribution in [-0.4, -0.2) is 30.1 Å². The Balaban J connectivity index is 1.57. The molecule has 2 aromatic heterocycles. The topological polar surface area (TPSA) is 79.7 Å². The predicted molar refractivity (Wildman–Crippen MR) is 147 cm³/mol. The molecular formula is C30H38N6O. The first-order valence-corrected chi connectivity index (χ1v) is 13.5. The third kappa shape index (κ3) is 5.37. The van der Waals surface area contributed by atoms with E-state index in [0.29, 0.717) is 19.1 Å². The first kappa shape index (κ1) is 25.3. The molecule has 7 nitrogen and oxygen atoms in total. The third-order valence-corrected chi connectivity index (χ3v) is 7.89. The molecule has 1 fully saturated rings.